The van der Waals surface area contributed by atoms with E-state index in [-0.39, 0.29) is 24.3 Å². The molecule has 3 amide bonds. The third kappa shape index (κ3) is 7.11. The molecule has 170 valence electrons. The normalized spacial score (nSPS) is 13.0. The Morgan fingerprint density at radius 1 is 0.844 bits per heavy atom. The Kier molecular flexibility index (Phi) is 8.66. The Morgan fingerprint density at radius 2 is 1.50 bits per heavy atom. The Bertz CT molecular complexity index is 921. The molecule has 0 bridgehead atoms. The van der Waals surface area contributed by atoms with Crippen molar-refractivity contribution in [1.29, 1.82) is 0 Å². The minimum absolute atomic E-state index is 0.0183. The predicted octanol–water partition coefficient (Wildman–Crippen LogP) is 4.49. The highest BCUT2D eigenvalue weighted by molar-refractivity contribution is 5.96. The van der Waals surface area contributed by atoms with Crippen LogP contribution in [0.1, 0.15) is 55.8 Å². The van der Waals surface area contributed by atoms with Gasteiger partial charge in [0.1, 0.15) is 0 Å². The van der Waals surface area contributed by atoms with Crippen LogP contribution < -0.4 is 16.0 Å². The van der Waals surface area contributed by atoms with Crippen LogP contribution >= 0.6 is 0 Å². The van der Waals surface area contributed by atoms with Crippen molar-refractivity contribution in [3.05, 3.63) is 54.1 Å². The first kappa shape index (κ1) is 23.3. The fourth-order valence-corrected chi connectivity index (χ4v) is 3.65. The van der Waals surface area contributed by atoms with E-state index in [1.54, 1.807) is 36.4 Å². The maximum atomic E-state index is 12.4. The number of rotatable bonds is 10. The van der Waals surface area contributed by atoms with Crippen molar-refractivity contribution >= 4 is 34.8 Å². The molecule has 0 aliphatic carbocycles. The molecule has 2 aromatic rings. The Morgan fingerprint density at radius 3 is 2.16 bits per heavy atom. The van der Waals surface area contributed by atoms with Gasteiger partial charge in [-0.15, -0.1) is 0 Å². The summed E-state index contributed by atoms with van der Waals surface area (Å²) in [5.41, 5.74) is 2.71. The van der Waals surface area contributed by atoms with E-state index >= 15 is 0 Å². The second kappa shape index (κ2) is 11.9. The van der Waals surface area contributed by atoms with Gasteiger partial charge in [0.25, 0.3) is 5.91 Å². The van der Waals surface area contributed by atoms with Crippen LogP contribution in [0.2, 0.25) is 0 Å². The molecule has 0 spiro atoms. The summed E-state index contributed by atoms with van der Waals surface area (Å²) in [6.07, 6.45) is 5.61. The topological polar surface area (TPSA) is 90.5 Å². The van der Waals surface area contributed by atoms with Crippen molar-refractivity contribution in [3.8, 4) is 0 Å². The molecular formula is C25H32N4O3. The molecule has 2 aromatic carbocycles. The molecule has 3 rings (SSSR count). The van der Waals surface area contributed by atoms with Gasteiger partial charge in [0.15, 0.2) is 0 Å². The number of benzene rings is 2. The van der Waals surface area contributed by atoms with Gasteiger partial charge in [-0.05, 0) is 61.7 Å². The quantitative estimate of drug-likeness (QED) is 0.479. The molecule has 0 unspecified atom stereocenters. The lowest BCUT2D eigenvalue weighted by Crippen LogP contribution is -2.27. The van der Waals surface area contributed by atoms with Crippen LogP contribution in [0.5, 0.6) is 0 Å². The summed E-state index contributed by atoms with van der Waals surface area (Å²) < 4.78 is 0. The van der Waals surface area contributed by atoms with Gasteiger partial charge >= 0.3 is 0 Å². The molecule has 32 heavy (non-hydrogen) atoms. The molecule has 3 N–H and O–H groups in total. The fraction of sp³-hybridized carbons (Fsp3) is 0.400. The standard InChI is InChI=1S/C25H32N4O3/c1-2-3-4-10-23(30)27-21-8-7-9-22(17-21)28-24(31)18-26-20-13-11-19(12-14-20)25(32)29-15-5-6-16-29/h7-9,11-14,17,26H,2-6,10,15-16,18H2,1H3,(H,27,30)(H,28,31). The second-order valence-corrected chi connectivity index (χ2v) is 8.06. The highest BCUT2D eigenvalue weighted by Crippen LogP contribution is 2.17. The molecule has 0 aromatic heterocycles. The van der Waals surface area contributed by atoms with Crippen LogP contribution in [0.15, 0.2) is 48.5 Å². The molecular weight excluding hydrogens is 404 g/mol. The number of hydrogen-bond donors (Lipinski definition) is 3. The highest BCUT2D eigenvalue weighted by Gasteiger charge is 2.19. The number of carbonyl (C=O) groups excluding carboxylic acids is 3. The van der Waals surface area contributed by atoms with Gasteiger partial charge in [0.05, 0.1) is 6.54 Å². The van der Waals surface area contributed by atoms with E-state index in [2.05, 4.69) is 22.9 Å². The van der Waals surface area contributed by atoms with Crippen molar-refractivity contribution in [2.75, 3.05) is 35.6 Å². The van der Waals surface area contributed by atoms with Gasteiger partial charge < -0.3 is 20.9 Å². The van der Waals surface area contributed by atoms with Crippen molar-refractivity contribution in [2.45, 2.75) is 45.4 Å². The van der Waals surface area contributed by atoms with Gasteiger partial charge in [-0.3, -0.25) is 14.4 Å². The number of carbonyl (C=O) groups is 3. The monoisotopic (exact) mass is 436 g/mol. The lowest BCUT2D eigenvalue weighted by Gasteiger charge is -2.15. The summed E-state index contributed by atoms with van der Waals surface area (Å²) in [4.78, 5) is 38.6. The van der Waals surface area contributed by atoms with E-state index in [0.717, 1.165) is 50.9 Å². The molecule has 1 aliphatic rings. The van der Waals surface area contributed by atoms with Gasteiger partial charge in [-0.1, -0.05) is 25.8 Å². The molecule has 0 atom stereocenters. The van der Waals surface area contributed by atoms with Gasteiger partial charge in [0, 0.05) is 42.1 Å². The molecule has 1 saturated heterocycles. The molecule has 1 aliphatic heterocycles. The number of nitrogens with zero attached hydrogens (tertiary/aromatic N) is 1. The molecule has 1 heterocycles. The number of likely N-dealkylation sites (tertiary alicyclic amines) is 1. The molecule has 1 fully saturated rings. The third-order valence-corrected chi connectivity index (χ3v) is 5.42. The average Bonchev–Trinajstić information content (AvgIpc) is 3.33. The van der Waals surface area contributed by atoms with Crippen molar-refractivity contribution in [1.82, 2.24) is 4.90 Å². The summed E-state index contributed by atoms with van der Waals surface area (Å²) >= 11 is 0. The number of hydrogen-bond acceptors (Lipinski definition) is 4. The number of amides is 3. The first-order valence-corrected chi connectivity index (χ1v) is 11.4. The first-order valence-electron chi connectivity index (χ1n) is 11.4. The zero-order chi connectivity index (χ0) is 22.8. The Hall–Kier alpha value is -3.35. The summed E-state index contributed by atoms with van der Waals surface area (Å²) in [6.45, 7) is 3.84. The SMILES string of the molecule is CCCCCC(=O)Nc1cccc(NC(=O)CNc2ccc(C(=O)N3CCCC3)cc2)c1. The Balaban J connectivity index is 1.45. The lowest BCUT2D eigenvalue weighted by atomic mass is 10.2. The van der Waals surface area contributed by atoms with Crippen LogP contribution in [0.4, 0.5) is 17.1 Å². The largest absolute Gasteiger partial charge is 0.376 e. The lowest BCUT2D eigenvalue weighted by molar-refractivity contribution is -0.116. The van der Waals surface area contributed by atoms with Gasteiger partial charge in [0.2, 0.25) is 11.8 Å². The van der Waals surface area contributed by atoms with E-state index in [1.807, 2.05) is 17.0 Å². The minimum Gasteiger partial charge on any atom is -0.376 e. The first-order chi connectivity index (χ1) is 15.5. The molecule has 0 saturated carbocycles. The van der Waals surface area contributed by atoms with Crippen molar-refractivity contribution < 1.29 is 14.4 Å². The zero-order valence-electron chi connectivity index (χ0n) is 18.7. The van der Waals surface area contributed by atoms with Crippen molar-refractivity contribution in [2.24, 2.45) is 0 Å². The van der Waals surface area contributed by atoms with Gasteiger partial charge in [-0.2, -0.15) is 0 Å². The maximum absolute atomic E-state index is 12.4. The average molecular weight is 437 g/mol. The summed E-state index contributed by atoms with van der Waals surface area (Å²) in [5, 5.41) is 8.77. The van der Waals surface area contributed by atoms with E-state index < -0.39 is 0 Å². The van der Waals surface area contributed by atoms with E-state index in [0.29, 0.717) is 23.4 Å². The van der Waals surface area contributed by atoms with Crippen LogP contribution in [0.3, 0.4) is 0 Å². The number of unbranched alkanes of at least 4 members (excludes halogenated alkanes) is 2. The van der Waals surface area contributed by atoms with Crippen LogP contribution in [-0.4, -0.2) is 42.3 Å². The molecule has 7 heteroatoms. The number of anilines is 3. The van der Waals surface area contributed by atoms with Gasteiger partial charge in [-0.25, -0.2) is 0 Å². The van der Waals surface area contributed by atoms with E-state index in [4.69, 9.17) is 0 Å². The summed E-state index contributed by atoms with van der Waals surface area (Å²) in [6, 6.07) is 14.3. The summed E-state index contributed by atoms with van der Waals surface area (Å²) in [7, 11) is 0. The number of nitrogens with one attached hydrogen (secondary N) is 3. The predicted molar refractivity (Wildman–Crippen MR) is 128 cm³/mol. The Labute approximate surface area is 189 Å². The third-order valence-electron chi connectivity index (χ3n) is 5.42. The van der Waals surface area contributed by atoms with E-state index in [1.165, 1.54) is 0 Å². The smallest absolute Gasteiger partial charge is 0.253 e. The molecule has 0 radical (unpaired) electrons. The maximum Gasteiger partial charge on any atom is 0.253 e. The van der Waals surface area contributed by atoms with Crippen LogP contribution in [0.25, 0.3) is 0 Å². The molecule has 7 nitrogen and oxygen atoms in total. The van der Waals surface area contributed by atoms with Crippen molar-refractivity contribution in [3.63, 3.8) is 0 Å². The zero-order valence-corrected chi connectivity index (χ0v) is 18.7. The van der Waals surface area contributed by atoms with Crippen LogP contribution in [-0.2, 0) is 9.59 Å². The minimum atomic E-state index is -0.200. The summed E-state index contributed by atoms with van der Waals surface area (Å²) in [5.74, 6) is -0.159. The highest BCUT2D eigenvalue weighted by atomic mass is 16.2. The second-order valence-electron chi connectivity index (χ2n) is 8.06. The fourth-order valence-electron chi connectivity index (χ4n) is 3.65. The van der Waals surface area contributed by atoms with Crippen LogP contribution in [0, 0.1) is 0 Å². The van der Waals surface area contributed by atoms with E-state index in [9.17, 15) is 14.4 Å².